The molecule has 0 saturated heterocycles. The molecule has 0 heterocycles. The molecule has 0 aromatic heterocycles. The molecule has 1 nitrogen and oxygen atoms in total. The largest absolute Gasteiger partial charge is 0.388 e. The Balaban J connectivity index is 0. The Morgan fingerprint density at radius 3 is 1.83 bits per heavy atom. The fourth-order valence-electron chi connectivity index (χ4n) is 0.654. The van der Waals surface area contributed by atoms with Gasteiger partial charge in [-0.05, 0) is 19.4 Å². The molecule has 0 atom stereocenters. The van der Waals surface area contributed by atoms with E-state index < -0.39 is 0 Å². The third kappa shape index (κ3) is 7.13. The topological polar surface area (TPSA) is 12.0 Å². The second-order valence-electron chi connectivity index (χ2n) is 2.40. The molecule has 1 heteroatoms. The van der Waals surface area contributed by atoms with Crippen LogP contribution < -0.4 is 5.32 Å². The minimum absolute atomic E-state index is 0.947. The Morgan fingerprint density at radius 1 is 1.17 bits per heavy atom. The lowest BCUT2D eigenvalue weighted by molar-refractivity contribution is 1.01. The van der Waals surface area contributed by atoms with Crippen LogP contribution >= 0.6 is 0 Å². The lowest BCUT2D eigenvalue weighted by atomic mass is 10.2. The van der Waals surface area contributed by atoms with Gasteiger partial charge in [0, 0.05) is 12.7 Å². The summed E-state index contributed by atoms with van der Waals surface area (Å²) in [6, 6.07) is 0. The van der Waals surface area contributed by atoms with Crippen LogP contribution in [0.25, 0.3) is 0 Å². The zero-order chi connectivity index (χ0) is 10.1. The maximum atomic E-state index is 3.81. The van der Waals surface area contributed by atoms with Crippen molar-refractivity contribution >= 4 is 0 Å². The maximum Gasteiger partial charge on any atom is 0.0294 e. The first-order chi connectivity index (χ1) is 5.57. The van der Waals surface area contributed by atoms with Crippen molar-refractivity contribution < 1.29 is 0 Å². The average molecular weight is 167 g/mol. The van der Waals surface area contributed by atoms with E-state index in [0.29, 0.717) is 0 Å². The molecule has 0 aliphatic rings. The third-order valence-corrected chi connectivity index (χ3v) is 1.24. The number of allylic oxidation sites excluding steroid dienone is 3. The van der Waals surface area contributed by atoms with Crippen molar-refractivity contribution in [1.82, 2.24) is 5.32 Å². The Labute approximate surface area is 76.9 Å². The zero-order valence-corrected chi connectivity index (χ0v) is 8.99. The first kappa shape index (κ1) is 13.6. The summed E-state index contributed by atoms with van der Waals surface area (Å²) in [5.41, 5.74) is 3.13. The summed E-state index contributed by atoms with van der Waals surface area (Å²) in [4.78, 5) is 0. The van der Waals surface area contributed by atoms with E-state index in [2.05, 4.69) is 18.5 Å². The zero-order valence-electron chi connectivity index (χ0n) is 8.99. The maximum absolute atomic E-state index is 3.81. The van der Waals surface area contributed by atoms with Crippen LogP contribution in [-0.4, -0.2) is 7.05 Å². The molecular weight excluding hydrogens is 146 g/mol. The van der Waals surface area contributed by atoms with Gasteiger partial charge in [0.1, 0.15) is 0 Å². The molecule has 0 rings (SSSR count). The molecule has 0 fully saturated rings. The van der Waals surface area contributed by atoms with Gasteiger partial charge in [-0.3, -0.25) is 0 Å². The van der Waals surface area contributed by atoms with E-state index in [0.717, 1.165) is 16.8 Å². The summed E-state index contributed by atoms with van der Waals surface area (Å²) in [5, 5.41) is 2.97. The van der Waals surface area contributed by atoms with E-state index >= 15 is 0 Å². The lowest BCUT2D eigenvalue weighted by Crippen LogP contribution is -2.04. The molecule has 0 saturated carbocycles. The van der Waals surface area contributed by atoms with Crippen LogP contribution in [0.4, 0.5) is 0 Å². The summed E-state index contributed by atoms with van der Waals surface area (Å²) < 4.78 is 0. The van der Waals surface area contributed by atoms with Gasteiger partial charge in [0.2, 0.25) is 0 Å². The standard InChI is InChI=1S/C9H15N.C2H6/c1-7(2)6-8(3)9(4)10-5;1-2/h6,10H,1,4H2,2-3,5H3;1-2H3/b8-6-;. The van der Waals surface area contributed by atoms with Crippen LogP contribution in [0.5, 0.6) is 0 Å². The van der Waals surface area contributed by atoms with Gasteiger partial charge >= 0.3 is 0 Å². The molecule has 0 aromatic rings. The van der Waals surface area contributed by atoms with Gasteiger partial charge in [-0.1, -0.05) is 38.7 Å². The van der Waals surface area contributed by atoms with Crippen molar-refractivity contribution in [3.05, 3.63) is 36.1 Å². The van der Waals surface area contributed by atoms with Gasteiger partial charge in [-0.15, -0.1) is 0 Å². The van der Waals surface area contributed by atoms with E-state index in [-0.39, 0.29) is 0 Å². The number of nitrogens with one attached hydrogen (secondary N) is 1. The number of hydrogen-bond donors (Lipinski definition) is 1. The van der Waals surface area contributed by atoms with Crippen molar-refractivity contribution in [3.8, 4) is 0 Å². The van der Waals surface area contributed by atoms with Gasteiger partial charge in [0.05, 0.1) is 0 Å². The lowest BCUT2D eigenvalue weighted by Gasteiger charge is -2.03. The minimum atomic E-state index is 0.947. The van der Waals surface area contributed by atoms with E-state index in [1.807, 2.05) is 40.8 Å². The fraction of sp³-hybridized carbons (Fsp3) is 0.455. The molecule has 0 aliphatic heterocycles. The number of rotatable bonds is 3. The Morgan fingerprint density at radius 2 is 1.58 bits per heavy atom. The SMILES string of the molecule is C=C(C)/C=C(/C)C(=C)NC.CC. The van der Waals surface area contributed by atoms with Crippen LogP contribution in [0.2, 0.25) is 0 Å². The highest BCUT2D eigenvalue weighted by Crippen LogP contribution is 2.05. The fourth-order valence-corrected chi connectivity index (χ4v) is 0.654. The van der Waals surface area contributed by atoms with Crippen molar-refractivity contribution in [2.45, 2.75) is 27.7 Å². The van der Waals surface area contributed by atoms with Crippen molar-refractivity contribution in [1.29, 1.82) is 0 Å². The highest BCUT2D eigenvalue weighted by Gasteiger charge is 1.90. The van der Waals surface area contributed by atoms with Crippen LogP contribution in [0, 0.1) is 0 Å². The van der Waals surface area contributed by atoms with Gasteiger partial charge in [-0.2, -0.15) is 0 Å². The van der Waals surface area contributed by atoms with Gasteiger partial charge < -0.3 is 5.32 Å². The van der Waals surface area contributed by atoms with E-state index in [1.165, 1.54) is 0 Å². The first-order valence-electron chi connectivity index (χ1n) is 4.28. The van der Waals surface area contributed by atoms with Gasteiger partial charge in [0.25, 0.3) is 0 Å². The molecule has 0 spiro atoms. The van der Waals surface area contributed by atoms with Crippen molar-refractivity contribution in [2.75, 3.05) is 7.05 Å². The Bertz CT molecular complexity index is 175. The predicted molar refractivity (Wildman–Crippen MR) is 58.1 cm³/mol. The third-order valence-electron chi connectivity index (χ3n) is 1.24. The minimum Gasteiger partial charge on any atom is -0.388 e. The molecule has 0 amide bonds. The summed E-state index contributed by atoms with van der Waals surface area (Å²) in [6.45, 7) is 15.5. The van der Waals surface area contributed by atoms with Crippen LogP contribution in [-0.2, 0) is 0 Å². The highest BCUT2D eigenvalue weighted by atomic mass is 14.8. The molecule has 0 unspecified atom stereocenters. The molecule has 0 aromatic carbocycles. The van der Waals surface area contributed by atoms with E-state index in [9.17, 15) is 0 Å². The van der Waals surface area contributed by atoms with Gasteiger partial charge in [-0.25, -0.2) is 0 Å². The summed E-state index contributed by atoms with van der Waals surface area (Å²) in [6.07, 6.45) is 2.00. The molecule has 12 heavy (non-hydrogen) atoms. The van der Waals surface area contributed by atoms with E-state index in [1.54, 1.807) is 0 Å². The summed E-state index contributed by atoms with van der Waals surface area (Å²) >= 11 is 0. The summed E-state index contributed by atoms with van der Waals surface area (Å²) in [7, 11) is 1.86. The molecule has 0 aliphatic carbocycles. The normalized spacial score (nSPS) is 9.58. The predicted octanol–water partition coefficient (Wildman–Crippen LogP) is 3.27. The van der Waals surface area contributed by atoms with E-state index in [4.69, 9.17) is 0 Å². The molecular formula is C11H21N. The monoisotopic (exact) mass is 167 g/mol. The molecule has 1 N–H and O–H groups in total. The van der Waals surface area contributed by atoms with Crippen molar-refractivity contribution in [3.63, 3.8) is 0 Å². The second kappa shape index (κ2) is 8.12. The molecule has 0 bridgehead atoms. The van der Waals surface area contributed by atoms with Crippen LogP contribution in [0.1, 0.15) is 27.7 Å². The Kier molecular flexibility index (Phi) is 9.20. The first-order valence-corrected chi connectivity index (χ1v) is 4.28. The van der Waals surface area contributed by atoms with Gasteiger partial charge in [0.15, 0.2) is 0 Å². The average Bonchev–Trinajstić information content (AvgIpc) is 2.05. The molecule has 70 valence electrons. The quantitative estimate of drug-likeness (QED) is 0.636. The summed E-state index contributed by atoms with van der Waals surface area (Å²) in [5.74, 6) is 0. The highest BCUT2D eigenvalue weighted by molar-refractivity contribution is 5.30. The molecule has 0 radical (unpaired) electrons. The second-order valence-corrected chi connectivity index (χ2v) is 2.40. The number of hydrogen-bond acceptors (Lipinski definition) is 1. The Hall–Kier alpha value is -0.980. The van der Waals surface area contributed by atoms with Crippen LogP contribution in [0.3, 0.4) is 0 Å². The smallest absolute Gasteiger partial charge is 0.0294 e. The van der Waals surface area contributed by atoms with Crippen LogP contribution in [0.15, 0.2) is 36.1 Å². The number of likely N-dealkylation sites (N-methyl/N-ethyl adjacent to an activating group) is 1. The van der Waals surface area contributed by atoms with Crippen molar-refractivity contribution in [2.24, 2.45) is 0 Å².